The monoisotopic (exact) mass is 390 g/mol. The Kier molecular flexibility index (Phi) is 8.31. The molecule has 6 nitrogen and oxygen atoms in total. The maximum Gasteiger partial charge on any atom is 0.240 e. The molecule has 1 fully saturated rings. The average molecular weight is 391 g/mol. The van der Waals surface area contributed by atoms with Gasteiger partial charge in [-0.15, -0.1) is 24.8 Å². The molecule has 1 amide bonds. The van der Waals surface area contributed by atoms with Crippen LogP contribution in [0.25, 0.3) is 5.69 Å². The van der Waals surface area contributed by atoms with E-state index in [1.165, 1.54) is 12.4 Å². The first-order valence-corrected chi connectivity index (χ1v) is 7.54. The van der Waals surface area contributed by atoms with Crippen LogP contribution >= 0.6 is 24.8 Å². The lowest BCUT2D eigenvalue weighted by atomic mass is 10.1. The molecule has 0 radical (unpaired) electrons. The van der Waals surface area contributed by atoms with Crippen molar-refractivity contribution in [3.8, 4) is 5.69 Å². The summed E-state index contributed by atoms with van der Waals surface area (Å²) in [6.07, 6.45) is 4.63. The van der Waals surface area contributed by atoms with Gasteiger partial charge in [-0.3, -0.25) is 4.79 Å². The van der Waals surface area contributed by atoms with Crippen molar-refractivity contribution >= 4 is 30.7 Å². The first-order chi connectivity index (χ1) is 11.1. The molecular weight excluding hydrogens is 370 g/mol. The Morgan fingerprint density at radius 2 is 2.28 bits per heavy atom. The molecule has 1 aromatic carbocycles. The van der Waals surface area contributed by atoms with E-state index in [1.807, 2.05) is 6.92 Å². The number of nitrogens with zero attached hydrogens (tertiary/aromatic N) is 2. The highest BCUT2D eigenvalue weighted by molar-refractivity contribution is 5.85. The number of aromatic nitrogens is 2. The highest BCUT2D eigenvalue weighted by Crippen LogP contribution is 2.15. The van der Waals surface area contributed by atoms with Crippen LogP contribution in [0, 0.1) is 5.82 Å². The predicted octanol–water partition coefficient (Wildman–Crippen LogP) is 1.85. The molecule has 1 aliphatic heterocycles. The minimum Gasteiger partial charge on any atom is -0.375 e. The maximum atomic E-state index is 14.2. The summed E-state index contributed by atoms with van der Waals surface area (Å²) in [5.74, 6) is -0.501. The standard InChI is InChI=1S/C16H19FN4O2.2ClH/c1-11-15(19-5-7-23-11)16(22)20-9-12-2-3-14(13(17)8-12)21-6-4-18-10-21;;/h2-4,6,8,10-11,15,19H,5,7,9H2,1H3,(H,20,22);2*1H/t11-,15+;;/m1../s1. The van der Waals surface area contributed by atoms with Gasteiger partial charge in [-0.2, -0.15) is 0 Å². The summed E-state index contributed by atoms with van der Waals surface area (Å²) in [6.45, 7) is 3.38. The van der Waals surface area contributed by atoms with E-state index >= 15 is 0 Å². The van der Waals surface area contributed by atoms with Gasteiger partial charge in [-0.1, -0.05) is 6.07 Å². The summed E-state index contributed by atoms with van der Waals surface area (Å²) in [4.78, 5) is 16.1. The van der Waals surface area contributed by atoms with Gasteiger partial charge < -0.3 is 19.9 Å². The van der Waals surface area contributed by atoms with E-state index in [9.17, 15) is 9.18 Å². The molecule has 2 atom stereocenters. The fraction of sp³-hybridized carbons (Fsp3) is 0.375. The summed E-state index contributed by atoms with van der Waals surface area (Å²) in [6, 6.07) is 4.50. The second kappa shape index (κ2) is 9.72. The van der Waals surface area contributed by atoms with Crippen LogP contribution in [0.5, 0.6) is 0 Å². The van der Waals surface area contributed by atoms with Crippen LogP contribution in [0.2, 0.25) is 0 Å². The van der Waals surface area contributed by atoms with Crippen molar-refractivity contribution in [3.63, 3.8) is 0 Å². The number of hydrogen-bond acceptors (Lipinski definition) is 4. The number of rotatable bonds is 4. The molecule has 0 saturated carbocycles. The van der Waals surface area contributed by atoms with E-state index in [4.69, 9.17) is 4.74 Å². The fourth-order valence-corrected chi connectivity index (χ4v) is 2.60. The average Bonchev–Trinajstić information content (AvgIpc) is 3.07. The van der Waals surface area contributed by atoms with E-state index in [2.05, 4.69) is 15.6 Å². The van der Waals surface area contributed by atoms with Crippen molar-refractivity contribution in [2.75, 3.05) is 13.2 Å². The number of imidazole rings is 1. The van der Waals surface area contributed by atoms with Gasteiger partial charge in [0, 0.05) is 25.5 Å². The van der Waals surface area contributed by atoms with E-state index < -0.39 is 0 Å². The molecule has 1 aliphatic rings. The Hall–Kier alpha value is -1.67. The van der Waals surface area contributed by atoms with Crippen molar-refractivity contribution < 1.29 is 13.9 Å². The molecule has 1 saturated heterocycles. The van der Waals surface area contributed by atoms with Crippen LogP contribution in [-0.2, 0) is 16.1 Å². The zero-order chi connectivity index (χ0) is 16.2. The first kappa shape index (κ1) is 21.4. The first-order valence-electron chi connectivity index (χ1n) is 7.54. The summed E-state index contributed by atoms with van der Waals surface area (Å²) >= 11 is 0. The second-order valence-corrected chi connectivity index (χ2v) is 5.48. The van der Waals surface area contributed by atoms with Crippen LogP contribution in [0.1, 0.15) is 12.5 Å². The number of nitrogens with one attached hydrogen (secondary N) is 2. The molecule has 0 bridgehead atoms. The van der Waals surface area contributed by atoms with Crippen molar-refractivity contribution in [2.45, 2.75) is 25.6 Å². The van der Waals surface area contributed by atoms with Gasteiger partial charge >= 0.3 is 0 Å². The van der Waals surface area contributed by atoms with Crippen LogP contribution < -0.4 is 10.6 Å². The smallest absolute Gasteiger partial charge is 0.240 e. The van der Waals surface area contributed by atoms with E-state index in [-0.39, 0.29) is 55.2 Å². The van der Waals surface area contributed by atoms with Gasteiger partial charge in [0.15, 0.2) is 0 Å². The van der Waals surface area contributed by atoms with Crippen LogP contribution in [0.15, 0.2) is 36.9 Å². The topological polar surface area (TPSA) is 68.2 Å². The molecule has 25 heavy (non-hydrogen) atoms. The van der Waals surface area contributed by atoms with E-state index in [1.54, 1.807) is 29.1 Å². The molecular formula is C16H21Cl2FN4O2. The van der Waals surface area contributed by atoms with Crippen molar-refractivity contribution in [1.29, 1.82) is 0 Å². The quantitative estimate of drug-likeness (QED) is 0.835. The number of hydrogen-bond donors (Lipinski definition) is 2. The number of amides is 1. The highest BCUT2D eigenvalue weighted by Gasteiger charge is 2.27. The van der Waals surface area contributed by atoms with Gasteiger partial charge in [0.1, 0.15) is 11.9 Å². The number of carbonyl (C=O) groups is 1. The third-order valence-electron chi connectivity index (χ3n) is 3.86. The zero-order valence-electron chi connectivity index (χ0n) is 13.6. The summed E-state index contributed by atoms with van der Waals surface area (Å²) in [5.41, 5.74) is 1.12. The molecule has 138 valence electrons. The molecule has 2 N–H and O–H groups in total. The predicted molar refractivity (Wildman–Crippen MR) is 97.1 cm³/mol. The summed E-state index contributed by atoms with van der Waals surface area (Å²) in [7, 11) is 0. The minimum absolute atomic E-state index is 0. The lowest BCUT2D eigenvalue weighted by molar-refractivity contribution is -0.129. The molecule has 0 spiro atoms. The SMILES string of the molecule is C[C@H]1OCCN[C@@H]1C(=O)NCc1ccc(-n2ccnc2)c(F)c1.Cl.Cl. The van der Waals surface area contributed by atoms with Gasteiger partial charge in [0.05, 0.1) is 24.7 Å². The Bertz CT molecular complexity index is 685. The van der Waals surface area contributed by atoms with Gasteiger partial charge in [-0.05, 0) is 24.6 Å². The summed E-state index contributed by atoms with van der Waals surface area (Å²) < 4.78 is 21.2. The number of ether oxygens (including phenoxy) is 1. The molecule has 2 aromatic rings. The van der Waals surface area contributed by atoms with Gasteiger partial charge in [0.2, 0.25) is 5.91 Å². The Morgan fingerprint density at radius 1 is 1.48 bits per heavy atom. The Balaban J connectivity index is 0.00000156. The Labute approximate surface area is 158 Å². The minimum atomic E-state index is -0.376. The lowest BCUT2D eigenvalue weighted by Gasteiger charge is -2.29. The highest BCUT2D eigenvalue weighted by atomic mass is 35.5. The van der Waals surface area contributed by atoms with Crippen molar-refractivity contribution in [3.05, 3.63) is 48.3 Å². The third-order valence-corrected chi connectivity index (χ3v) is 3.86. The third kappa shape index (κ3) is 5.15. The fourth-order valence-electron chi connectivity index (χ4n) is 2.60. The molecule has 0 unspecified atom stereocenters. The molecule has 9 heteroatoms. The molecule has 3 rings (SSSR count). The van der Waals surface area contributed by atoms with Crippen LogP contribution in [-0.4, -0.2) is 40.8 Å². The molecule has 2 heterocycles. The van der Waals surface area contributed by atoms with Crippen LogP contribution in [0.4, 0.5) is 4.39 Å². The van der Waals surface area contributed by atoms with E-state index in [0.717, 1.165) is 0 Å². The van der Waals surface area contributed by atoms with Crippen molar-refractivity contribution in [2.24, 2.45) is 0 Å². The van der Waals surface area contributed by atoms with Gasteiger partial charge in [-0.25, -0.2) is 9.37 Å². The largest absolute Gasteiger partial charge is 0.375 e. The van der Waals surface area contributed by atoms with Crippen LogP contribution in [0.3, 0.4) is 0 Å². The maximum absolute atomic E-state index is 14.2. The normalized spacial score (nSPS) is 19.4. The zero-order valence-corrected chi connectivity index (χ0v) is 15.3. The number of halogens is 3. The van der Waals surface area contributed by atoms with E-state index in [0.29, 0.717) is 24.4 Å². The summed E-state index contributed by atoms with van der Waals surface area (Å²) in [5, 5.41) is 5.94. The second-order valence-electron chi connectivity index (χ2n) is 5.48. The lowest BCUT2D eigenvalue weighted by Crippen LogP contribution is -2.55. The van der Waals surface area contributed by atoms with Crippen molar-refractivity contribution in [1.82, 2.24) is 20.2 Å². The number of benzene rings is 1. The van der Waals surface area contributed by atoms with Gasteiger partial charge in [0.25, 0.3) is 0 Å². The molecule has 1 aromatic heterocycles. The number of morpholine rings is 1. The number of carbonyl (C=O) groups excluding carboxylic acids is 1. The Morgan fingerprint density at radius 3 is 2.92 bits per heavy atom. The molecule has 0 aliphatic carbocycles.